The van der Waals surface area contributed by atoms with Crippen LogP contribution in [0.25, 0.3) is 0 Å². The molecule has 0 N–H and O–H groups in total. The molecule has 100 valence electrons. The molecule has 2 aromatic rings. The summed E-state index contributed by atoms with van der Waals surface area (Å²) in [4.78, 5) is 6.96. The quantitative estimate of drug-likeness (QED) is 0.841. The van der Waals surface area contributed by atoms with Crippen molar-refractivity contribution < 1.29 is 0 Å². The molecule has 3 heterocycles. The maximum Gasteiger partial charge on any atom is 0.0537 e. The maximum atomic E-state index is 4.40. The van der Waals surface area contributed by atoms with Gasteiger partial charge >= 0.3 is 0 Å². The molecular weight excluding hydrogens is 236 g/mol. The Morgan fingerprint density at radius 1 is 1.37 bits per heavy atom. The van der Waals surface area contributed by atoms with Gasteiger partial charge in [-0.25, -0.2) is 0 Å². The van der Waals surface area contributed by atoms with Gasteiger partial charge in [0.25, 0.3) is 0 Å². The smallest absolute Gasteiger partial charge is 0.0537 e. The van der Waals surface area contributed by atoms with Crippen LogP contribution in [0.1, 0.15) is 30.1 Å². The zero-order valence-corrected chi connectivity index (χ0v) is 11.4. The van der Waals surface area contributed by atoms with E-state index >= 15 is 0 Å². The van der Waals surface area contributed by atoms with Crippen molar-refractivity contribution in [3.05, 3.63) is 48.0 Å². The van der Waals surface area contributed by atoms with Crippen LogP contribution in [0.5, 0.6) is 0 Å². The molecule has 0 saturated carbocycles. The Bertz CT molecular complexity index is 520. The molecule has 19 heavy (non-hydrogen) atoms. The SMILES string of the molecule is Cn1cc([C@H]2CCCN2CCc2ccccn2)cn1. The van der Waals surface area contributed by atoms with Crippen LogP contribution in [0.15, 0.2) is 36.8 Å². The zero-order chi connectivity index (χ0) is 13.1. The van der Waals surface area contributed by atoms with Gasteiger partial charge in [0.2, 0.25) is 0 Å². The first-order valence-corrected chi connectivity index (χ1v) is 6.95. The van der Waals surface area contributed by atoms with E-state index in [2.05, 4.69) is 33.3 Å². The van der Waals surface area contributed by atoms with Gasteiger partial charge in [0.1, 0.15) is 0 Å². The summed E-state index contributed by atoms with van der Waals surface area (Å²) in [5, 5.41) is 4.29. The van der Waals surface area contributed by atoms with Gasteiger partial charge in [-0.1, -0.05) is 6.07 Å². The van der Waals surface area contributed by atoms with Gasteiger partial charge in [-0.15, -0.1) is 0 Å². The van der Waals surface area contributed by atoms with Crippen molar-refractivity contribution in [1.29, 1.82) is 0 Å². The van der Waals surface area contributed by atoms with Crippen LogP contribution in [0.3, 0.4) is 0 Å². The fourth-order valence-corrected chi connectivity index (χ4v) is 2.89. The third-order valence-electron chi connectivity index (χ3n) is 3.85. The van der Waals surface area contributed by atoms with Gasteiger partial charge in [-0.05, 0) is 31.5 Å². The molecule has 1 aliphatic heterocycles. The zero-order valence-electron chi connectivity index (χ0n) is 11.4. The van der Waals surface area contributed by atoms with Crippen molar-refractivity contribution in [2.75, 3.05) is 13.1 Å². The Morgan fingerprint density at radius 2 is 2.32 bits per heavy atom. The van der Waals surface area contributed by atoms with Crippen LogP contribution in [0.4, 0.5) is 0 Å². The normalized spacial score (nSPS) is 19.9. The average molecular weight is 256 g/mol. The number of pyridine rings is 1. The number of aromatic nitrogens is 3. The summed E-state index contributed by atoms with van der Waals surface area (Å²) >= 11 is 0. The van der Waals surface area contributed by atoms with Crippen LogP contribution in [0.2, 0.25) is 0 Å². The Kier molecular flexibility index (Phi) is 3.60. The number of likely N-dealkylation sites (tertiary alicyclic amines) is 1. The van der Waals surface area contributed by atoms with E-state index in [9.17, 15) is 0 Å². The molecule has 4 nitrogen and oxygen atoms in total. The minimum atomic E-state index is 0.539. The molecule has 1 saturated heterocycles. The number of hydrogen-bond acceptors (Lipinski definition) is 3. The largest absolute Gasteiger partial charge is 0.296 e. The summed E-state index contributed by atoms with van der Waals surface area (Å²) < 4.78 is 1.89. The summed E-state index contributed by atoms with van der Waals surface area (Å²) in [5.74, 6) is 0. The minimum absolute atomic E-state index is 0.539. The first-order chi connectivity index (χ1) is 9.33. The van der Waals surface area contributed by atoms with Crippen LogP contribution >= 0.6 is 0 Å². The second-order valence-electron chi connectivity index (χ2n) is 5.21. The molecule has 1 aliphatic rings. The van der Waals surface area contributed by atoms with Crippen molar-refractivity contribution in [2.24, 2.45) is 7.05 Å². The van der Waals surface area contributed by atoms with Crippen molar-refractivity contribution in [1.82, 2.24) is 19.7 Å². The molecule has 0 amide bonds. The lowest BCUT2D eigenvalue weighted by atomic mass is 10.1. The Morgan fingerprint density at radius 3 is 3.05 bits per heavy atom. The third-order valence-corrected chi connectivity index (χ3v) is 3.85. The number of rotatable bonds is 4. The Labute approximate surface area is 114 Å². The van der Waals surface area contributed by atoms with E-state index in [0.717, 1.165) is 13.0 Å². The van der Waals surface area contributed by atoms with Gasteiger partial charge in [-0.3, -0.25) is 14.6 Å². The predicted molar refractivity (Wildman–Crippen MR) is 74.7 cm³/mol. The molecular formula is C15H20N4. The summed E-state index contributed by atoms with van der Waals surface area (Å²) in [6.45, 7) is 2.27. The van der Waals surface area contributed by atoms with Crippen molar-refractivity contribution in [3.63, 3.8) is 0 Å². The van der Waals surface area contributed by atoms with E-state index in [4.69, 9.17) is 0 Å². The molecule has 0 aliphatic carbocycles. The van der Waals surface area contributed by atoms with Crippen LogP contribution in [0, 0.1) is 0 Å². The highest BCUT2D eigenvalue weighted by atomic mass is 15.3. The summed E-state index contributed by atoms with van der Waals surface area (Å²) in [6.07, 6.45) is 9.57. The standard InChI is InChI=1S/C15H20N4/c1-18-12-13(11-17-18)15-6-4-9-19(15)10-7-14-5-2-3-8-16-14/h2-3,5,8,11-12,15H,4,6-7,9-10H2,1H3/t15-/m1/s1. The van der Waals surface area contributed by atoms with Crippen molar-refractivity contribution in [2.45, 2.75) is 25.3 Å². The maximum absolute atomic E-state index is 4.40. The molecule has 0 aromatic carbocycles. The van der Waals surface area contributed by atoms with Crippen LogP contribution < -0.4 is 0 Å². The van der Waals surface area contributed by atoms with Gasteiger partial charge in [0.05, 0.1) is 6.20 Å². The first-order valence-electron chi connectivity index (χ1n) is 6.95. The topological polar surface area (TPSA) is 34.0 Å². The molecule has 1 atom stereocenters. The number of nitrogens with zero attached hydrogens (tertiary/aromatic N) is 4. The molecule has 0 bridgehead atoms. The fourth-order valence-electron chi connectivity index (χ4n) is 2.89. The van der Waals surface area contributed by atoms with Crippen molar-refractivity contribution in [3.8, 4) is 0 Å². The lowest BCUT2D eigenvalue weighted by Crippen LogP contribution is -2.25. The molecule has 1 fully saturated rings. The van der Waals surface area contributed by atoms with Crippen LogP contribution in [-0.2, 0) is 13.5 Å². The second kappa shape index (κ2) is 5.53. The first kappa shape index (κ1) is 12.4. The lowest BCUT2D eigenvalue weighted by Gasteiger charge is -2.23. The molecule has 0 radical (unpaired) electrons. The highest BCUT2D eigenvalue weighted by Crippen LogP contribution is 2.31. The number of aryl methyl sites for hydroxylation is 1. The average Bonchev–Trinajstić information content (AvgIpc) is 3.06. The molecule has 0 unspecified atom stereocenters. The Balaban J connectivity index is 1.64. The monoisotopic (exact) mass is 256 g/mol. The van der Waals surface area contributed by atoms with Gasteiger partial charge in [0, 0.05) is 49.7 Å². The second-order valence-corrected chi connectivity index (χ2v) is 5.21. The summed E-state index contributed by atoms with van der Waals surface area (Å²) in [5.41, 5.74) is 2.53. The Hall–Kier alpha value is -1.68. The lowest BCUT2D eigenvalue weighted by molar-refractivity contribution is 0.259. The van der Waals surface area contributed by atoms with E-state index in [1.807, 2.05) is 30.2 Å². The minimum Gasteiger partial charge on any atom is -0.296 e. The molecule has 4 heteroatoms. The fraction of sp³-hybridized carbons (Fsp3) is 0.467. The van der Waals surface area contributed by atoms with Gasteiger partial charge in [-0.2, -0.15) is 5.10 Å². The van der Waals surface area contributed by atoms with E-state index in [0.29, 0.717) is 6.04 Å². The van der Waals surface area contributed by atoms with Gasteiger partial charge in [0.15, 0.2) is 0 Å². The van der Waals surface area contributed by atoms with E-state index in [1.165, 1.54) is 30.6 Å². The van der Waals surface area contributed by atoms with E-state index in [1.54, 1.807) is 0 Å². The van der Waals surface area contributed by atoms with Crippen molar-refractivity contribution >= 4 is 0 Å². The highest BCUT2D eigenvalue weighted by molar-refractivity contribution is 5.12. The predicted octanol–water partition coefficient (Wildman–Crippen LogP) is 2.19. The summed E-state index contributed by atoms with van der Waals surface area (Å²) in [7, 11) is 1.98. The molecule has 2 aromatic heterocycles. The molecule has 3 rings (SSSR count). The third kappa shape index (κ3) is 2.84. The van der Waals surface area contributed by atoms with E-state index in [-0.39, 0.29) is 0 Å². The van der Waals surface area contributed by atoms with Gasteiger partial charge < -0.3 is 0 Å². The molecule has 0 spiro atoms. The highest BCUT2D eigenvalue weighted by Gasteiger charge is 2.26. The summed E-state index contributed by atoms with van der Waals surface area (Å²) in [6, 6.07) is 6.68. The van der Waals surface area contributed by atoms with Crippen LogP contribution in [-0.4, -0.2) is 32.8 Å². The van der Waals surface area contributed by atoms with E-state index < -0.39 is 0 Å². The number of hydrogen-bond donors (Lipinski definition) is 0.